The van der Waals surface area contributed by atoms with Crippen molar-refractivity contribution in [3.8, 4) is 0 Å². The molecule has 2 aromatic rings. The summed E-state index contributed by atoms with van der Waals surface area (Å²) in [6.45, 7) is 0.780. The van der Waals surface area contributed by atoms with Crippen molar-refractivity contribution in [1.82, 2.24) is 20.4 Å². The molecule has 7 heteroatoms. The van der Waals surface area contributed by atoms with Gasteiger partial charge in [0.25, 0.3) is 0 Å². The second-order valence-electron chi connectivity index (χ2n) is 4.67. The van der Waals surface area contributed by atoms with Crippen LogP contribution in [0, 0.1) is 0 Å². The van der Waals surface area contributed by atoms with E-state index >= 15 is 0 Å². The fourth-order valence-electron chi connectivity index (χ4n) is 1.87. The molecule has 2 rings (SSSR count). The third-order valence-corrected chi connectivity index (χ3v) is 3.18. The van der Waals surface area contributed by atoms with E-state index in [0.717, 1.165) is 11.3 Å². The van der Waals surface area contributed by atoms with Gasteiger partial charge in [-0.15, -0.1) is 0 Å². The molecule has 1 aromatic heterocycles. The summed E-state index contributed by atoms with van der Waals surface area (Å²) < 4.78 is 6.33. The summed E-state index contributed by atoms with van der Waals surface area (Å²) in [4.78, 5) is 23.0. The van der Waals surface area contributed by atoms with Crippen molar-refractivity contribution >= 4 is 12.0 Å². The van der Waals surface area contributed by atoms with Gasteiger partial charge < -0.3 is 15.4 Å². The molecule has 0 fully saturated rings. The molecular weight excluding hydrogens is 284 g/mol. The summed E-state index contributed by atoms with van der Waals surface area (Å²) in [5.74, 6) is -0.381. The molecule has 0 saturated carbocycles. The maximum atomic E-state index is 11.7. The monoisotopic (exact) mass is 302 g/mol. The number of ether oxygens (including phenoxy) is 1. The summed E-state index contributed by atoms with van der Waals surface area (Å²) in [6.07, 6.45) is 1.68. The number of rotatable bonds is 5. The Morgan fingerprint density at radius 3 is 2.41 bits per heavy atom. The minimum Gasteiger partial charge on any atom is -0.465 e. The largest absolute Gasteiger partial charge is 0.465 e. The molecule has 7 nitrogen and oxygen atoms in total. The first-order chi connectivity index (χ1) is 10.6. The third-order valence-electron chi connectivity index (χ3n) is 3.18. The van der Waals surface area contributed by atoms with Crippen LogP contribution in [0.5, 0.6) is 0 Å². The second kappa shape index (κ2) is 7.26. The molecule has 0 radical (unpaired) electrons. The molecule has 0 atom stereocenters. The van der Waals surface area contributed by atoms with Gasteiger partial charge in [0.15, 0.2) is 0 Å². The van der Waals surface area contributed by atoms with Gasteiger partial charge in [0.2, 0.25) is 0 Å². The van der Waals surface area contributed by atoms with E-state index in [9.17, 15) is 9.59 Å². The quantitative estimate of drug-likeness (QED) is 0.813. The maximum Gasteiger partial charge on any atom is 0.337 e. The van der Waals surface area contributed by atoms with Gasteiger partial charge in [-0.25, -0.2) is 9.59 Å². The van der Waals surface area contributed by atoms with Crippen LogP contribution in [0.15, 0.2) is 36.5 Å². The fourth-order valence-corrected chi connectivity index (χ4v) is 1.87. The maximum absolute atomic E-state index is 11.7. The van der Waals surface area contributed by atoms with Crippen molar-refractivity contribution in [2.75, 3.05) is 7.11 Å². The summed E-state index contributed by atoms with van der Waals surface area (Å²) in [7, 11) is 3.15. The lowest BCUT2D eigenvalue weighted by atomic mass is 10.1. The molecule has 2 amide bonds. The predicted molar refractivity (Wildman–Crippen MR) is 80.1 cm³/mol. The van der Waals surface area contributed by atoms with Crippen molar-refractivity contribution in [2.24, 2.45) is 7.05 Å². The van der Waals surface area contributed by atoms with E-state index in [2.05, 4.69) is 20.5 Å². The van der Waals surface area contributed by atoms with Crippen molar-refractivity contribution in [3.05, 3.63) is 53.3 Å². The van der Waals surface area contributed by atoms with Crippen LogP contribution in [0.25, 0.3) is 0 Å². The molecule has 116 valence electrons. The first-order valence-corrected chi connectivity index (χ1v) is 6.76. The fraction of sp³-hybridized carbons (Fsp3) is 0.267. The number of nitrogens with zero attached hydrogens (tertiary/aromatic N) is 2. The summed E-state index contributed by atoms with van der Waals surface area (Å²) in [5.41, 5.74) is 2.29. The highest BCUT2D eigenvalue weighted by molar-refractivity contribution is 5.89. The van der Waals surface area contributed by atoms with E-state index in [0.29, 0.717) is 18.7 Å². The summed E-state index contributed by atoms with van der Waals surface area (Å²) >= 11 is 0. The highest BCUT2D eigenvalue weighted by Gasteiger charge is 2.06. The molecule has 0 saturated heterocycles. The minimum atomic E-state index is -0.381. The zero-order chi connectivity index (χ0) is 15.9. The van der Waals surface area contributed by atoms with Crippen LogP contribution in [0.2, 0.25) is 0 Å². The van der Waals surface area contributed by atoms with Crippen LogP contribution in [0.3, 0.4) is 0 Å². The molecular formula is C15H18N4O3. The lowest BCUT2D eigenvalue weighted by Crippen LogP contribution is -2.35. The number of urea groups is 1. The van der Waals surface area contributed by atoms with Gasteiger partial charge in [-0.1, -0.05) is 12.1 Å². The van der Waals surface area contributed by atoms with Crippen LogP contribution in [-0.4, -0.2) is 28.9 Å². The van der Waals surface area contributed by atoms with Gasteiger partial charge in [0.1, 0.15) is 0 Å². The van der Waals surface area contributed by atoms with Gasteiger partial charge >= 0.3 is 12.0 Å². The Hall–Kier alpha value is -2.83. The molecule has 0 spiro atoms. The number of nitrogens with one attached hydrogen (secondary N) is 2. The SMILES string of the molecule is COC(=O)c1ccc(CNC(=O)NCc2ccnn2C)cc1. The number of methoxy groups -OCH3 is 1. The molecule has 22 heavy (non-hydrogen) atoms. The van der Waals surface area contributed by atoms with Gasteiger partial charge in [0, 0.05) is 19.8 Å². The highest BCUT2D eigenvalue weighted by Crippen LogP contribution is 2.05. The Kier molecular flexibility index (Phi) is 5.13. The van der Waals surface area contributed by atoms with Crippen molar-refractivity contribution < 1.29 is 14.3 Å². The first kappa shape index (κ1) is 15.6. The van der Waals surface area contributed by atoms with Crippen molar-refractivity contribution in [1.29, 1.82) is 0 Å². The van der Waals surface area contributed by atoms with E-state index in [1.54, 1.807) is 35.1 Å². The Labute approximate surface area is 128 Å². The predicted octanol–water partition coefficient (Wildman–Crippen LogP) is 1.21. The molecule has 0 aliphatic rings. The molecule has 0 aliphatic carbocycles. The van der Waals surface area contributed by atoms with Crippen LogP contribution in [0.4, 0.5) is 4.79 Å². The lowest BCUT2D eigenvalue weighted by Gasteiger charge is -2.08. The normalized spacial score (nSPS) is 10.1. The summed E-state index contributed by atoms with van der Waals surface area (Å²) in [5, 5.41) is 9.52. The number of aromatic nitrogens is 2. The van der Waals surface area contributed by atoms with E-state index in [-0.39, 0.29) is 12.0 Å². The topological polar surface area (TPSA) is 85.2 Å². The van der Waals surface area contributed by atoms with Crippen LogP contribution in [-0.2, 0) is 24.9 Å². The Balaban J connectivity index is 1.78. The second-order valence-corrected chi connectivity index (χ2v) is 4.67. The van der Waals surface area contributed by atoms with Gasteiger partial charge in [-0.3, -0.25) is 4.68 Å². The van der Waals surface area contributed by atoms with E-state index in [1.807, 2.05) is 13.1 Å². The number of benzene rings is 1. The van der Waals surface area contributed by atoms with Crippen LogP contribution < -0.4 is 10.6 Å². The molecule has 1 heterocycles. The highest BCUT2D eigenvalue weighted by atomic mass is 16.5. The van der Waals surface area contributed by atoms with Crippen LogP contribution >= 0.6 is 0 Å². The van der Waals surface area contributed by atoms with E-state index in [4.69, 9.17) is 0 Å². The number of hydrogen-bond donors (Lipinski definition) is 2. The van der Waals surface area contributed by atoms with Crippen LogP contribution in [0.1, 0.15) is 21.6 Å². The Bertz CT molecular complexity index is 649. The van der Waals surface area contributed by atoms with Crippen molar-refractivity contribution in [3.63, 3.8) is 0 Å². The standard InChI is InChI=1S/C15H18N4O3/c1-19-13(7-8-18-19)10-17-15(21)16-9-11-3-5-12(6-4-11)14(20)22-2/h3-8H,9-10H2,1-2H3,(H2,16,17,21). The average molecular weight is 302 g/mol. The lowest BCUT2D eigenvalue weighted by molar-refractivity contribution is 0.0600. The van der Waals surface area contributed by atoms with Gasteiger partial charge in [0.05, 0.1) is 24.9 Å². The number of hydrogen-bond acceptors (Lipinski definition) is 4. The zero-order valence-electron chi connectivity index (χ0n) is 12.5. The molecule has 1 aromatic carbocycles. The molecule has 0 aliphatic heterocycles. The van der Waals surface area contributed by atoms with E-state index in [1.165, 1.54) is 7.11 Å². The van der Waals surface area contributed by atoms with E-state index < -0.39 is 0 Å². The molecule has 0 unspecified atom stereocenters. The zero-order valence-corrected chi connectivity index (χ0v) is 12.5. The molecule has 0 bridgehead atoms. The van der Waals surface area contributed by atoms with Gasteiger partial charge in [-0.05, 0) is 23.8 Å². The third kappa shape index (κ3) is 4.08. The smallest absolute Gasteiger partial charge is 0.337 e. The van der Waals surface area contributed by atoms with Crippen molar-refractivity contribution in [2.45, 2.75) is 13.1 Å². The average Bonchev–Trinajstić information content (AvgIpc) is 2.95. The van der Waals surface area contributed by atoms with Gasteiger partial charge in [-0.2, -0.15) is 5.10 Å². The number of carbonyl (C=O) groups is 2. The molecule has 2 N–H and O–H groups in total. The number of carbonyl (C=O) groups excluding carboxylic acids is 2. The Morgan fingerprint density at radius 2 is 1.82 bits per heavy atom. The Morgan fingerprint density at radius 1 is 1.14 bits per heavy atom. The number of esters is 1. The first-order valence-electron chi connectivity index (χ1n) is 6.76. The summed E-state index contributed by atoms with van der Waals surface area (Å²) in [6, 6.07) is 8.44. The number of amides is 2. The number of aryl methyl sites for hydroxylation is 1. The minimum absolute atomic E-state index is 0.266.